The van der Waals surface area contributed by atoms with Crippen LogP contribution in [-0.2, 0) is 0 Å². The zero-order valence-electron chi connectivity index (χ0n) is 8.37. The van der Waals surface area contributed by atoms with Crippen LogP contribution in [0.2, 0.25) is 0 Å². The smallest absolute Gasteiger partial charge is 0.206 e. The van der Waals surface area contributed by atoms with Crippen molar-refractivity contribution in [2.24, 2.45) is 5.41 Å². The van der Waals surface area contributed by atoms with Crippen molar-refractivity contribution in [1.29, 1.82) is 0 Å². The molecule has 2 N–H and O–H groups in total. The maximum absolute atomic E-state index is 9.42. The Morgan fingerprint density at radius 3 is 2.67 bits per heavy atom. The van der Waals surface area contributed by atoms with E-state index in [-0.39, 0.29) is 12.0 Å². The minimum Gasteiger partial charge on any atom is -0.396 e. The predicted octanol–water partition coefficient (Wildman–Crippen LogP) is 2.27. The molecule has 0 bridgehead atoms. The maximum Gasteiger partial charge on any atom is 0.206 e. The molecule has 4 nitrogen and oxygen atoms in total. The summed E-state index contributed by atoms with van der Waals surface area (Å²) in [5.74, 6) is 0. The lowest BCUT2D eigenvalue weighted by Gasteiger charge is -2.26. The van der Waals surface area contributed by atoms with E-state index in [1.54, 1.807) is 0 Å². The molecule has 2 rings (SSSR count). The van der Waals surface area contributed by atoms with E-state index in [2.05, 4.69) is 31.4 Å². The minimum absolute atomic E-state index is 0.0676. The van der Waals surface area contributed by atoms with Gasteiger partial charge in [0.1, 0.15) is 0 Å². The summed E-state index contributed by atoms with van der Waals surface area (Å²) in [4.78, 5) is 0. The molecule has 6 heteroatoms. The number of nitrogens with zero attached hydrogens (tertiary/aromatic N) is 2. The van der Waals surface area contributed by atoms with Gasteiger partial charge in [-0.25, -0.2) is 0 Å². The predicted molar refractivity (Wildman–Crippen MR) is 64.1 cm³/mol. The molecule has 1 saturated carbocycles. The van der Waals surface area contributed by atoms with E-state index < -0.39 is 0 Å². The van der Waals surface area contributed by atoms with Gasteiger partial charge in [-0.2, -0.15) is 0 Å². The van der Waals surface area contributed by atoms with Crippen LogP contribution in [-0.4, -0.2) is 28.5 Å². The number of anilines is 1. The first-order valence-corrected chi connectivity index (χ1v) is 6.69. The van der Waals surface area contributed by atoms with Gasteiger partial charge in [0.2, 0.25) is 5.13 Å². The molecule has 1 aromatic heterocycles. The summed E-state index contributed by atoms with van der Waals surface area (Å²) in [6.07, 6.45) is 4.66. The third kappa shape index (κ3) is 2.68. The van der Waals surface area contributed by atoms with E-state index in [0.29, 0.717) is 0 Å². The molecule has 84 valence electrons. The lowest BCUT2D eigenvalue weighted by Crippen LogP contribution is -2.30. The quantitative estimate of drug-likeness (QED) is 0.893. The number of nitrogens with one attached hydrogen (secondary N) is 1. The zero-order valence-corrected chi connectivity index (χ0v) is 10.8. The molecule has 0 radical (unpaired) electrons. The third-order valence-corrected chi connectivity index (χ3v) is 4.33. The molecule has 1 aromatic rings. The molecule has 15 heavy (non-hydrogen) atoms. The SMILES string of the molecule is OCC1(CNc2nnc(Br)s2)CCCC1. The van der Waals surface area contributed by atoms with Gasteiger partial charge >= 0.3 is 0 Å². The fourth-order valence-electron chi connectivity index (χ4n) is 2.06. The van der Waals surface area contributed by atoms with Crippen molar-refractivity contribution < 1.29 is 5.11 Å². The van der Waals surface area contributed by atoms with E-state index in [1.807, 2.05) is 0 Å². The molecule has 0 unspecified atom stereocenters. The summed E-state index contributed by atoms with van der Waals surface area (Å²) in [6.45, 7) is 1.06. The van der Waals surface area contributed by atoms with Crippen LogP contribution in [0.1, 0.15) is 25.7 Å². The highest BCUT2D eigenvalue weighted by Gasteiger charge is 2.33. The Hall–Kier alpha value is -0.200. The molecule has 1 aliphatic rings. The molecule has 0 atom stereocenters. The summed E-state index contributed by atoms with van der Waals surface area (Å²) in [7, 11) is 0. The van der Waals surface area contributed by atoms with Gasteiger partial charge in [0.25, 0.3) is 0 Å². The molecule has 0 amide bonds. The summed E-state index contributed by atoms with van der Waals surface area (Å²) >= 11 is 4.75. The minimum atomic E-state index is 0.0676. The second-order valence-electron chi connectivity index (χ2n) is 4.08. The monoisotopic (exact) mass is 291 g/mol. The van der Waals surface area contributed by atoms with Crippen molar-refractivity contribution in [2.45, 2.75) is 25.7 Å². The Balaban J connectivity index is 1.91. The Bertz CT molecular complexity index is 325. The van der Waals surface area contributed by atoms with Crippen molar-refractivity contribution in [3.05, 3.63) is 3.92 Å². The molecule has 0 aromatic carbocycles. The molecule has 0 spiro atoms. The Labute approximate surface area is 101 Å². The van der Waals surface area contributed by atoms with Gasteiger partial charge in [0, 0.05) is 12.0 Å². The third-order valence-electron chi connectivity index (χ3n) is 3.01. The average Bonchev–Trinajstić information content (AvgIpc) is 2.85. The normalized spacial score (nSPS) is 19.3. The summed E-state index contributed by atoms with van der Waals surface area (Å²) in [5.41, 5.74) is 0.0676. The lowest BCUT2D eigenvalue weighted by molar-refractivity contribution is 0.142. The van der Waals surface area contributed by atoms with Crippen LogP contribution in [0.4, 0.5) is 5.13 Å². The topological polar surface area (TPSA) is 58.0 Å². The van der Waals surface area contributed by atoms with Gasteiger partial charge in [-0.15, -0.1) is 10.2 Å². The van der Waals surface area contributed by atoms with Crippen LogP contribution < -0.4 is 5.32 Å². The maximum atomic E-state index is 9.42. The summed E-state index contributed by atoms with van der Waals surface area (Å²) in [5, 5.41) is 21.3. The van der Waals surface area contributed by atoms with Crippen LogP contribution in [0.5, 0.6) is 0 Å². The fourth-order valence-corrected chi connectivity index (χ4v) is 3.06. The number of hydrogen-bond acceptors (Lipinski definition) is 5. The molecule has 1 heterocycles. The standard InChI is InChI=1S/C9H14BrN3OS/c10-7-12-13-8(15-7)11-5-9(6-14)3-1-2-4-9/h14H,1-6H2,(H,11,13). The van der Waals surface area contributed by atoms with Crippen LogP contribution in [0.3, 0.4) is 0 Å². The van der Waals surface area contributed by atoms with Crippen molar-refractivity contribution in [3.8, 4) is 0 Å². The van der Waals surface area contributed by atoms with Gasteiger partial charge < -0.3 is 10.4 Å². The number of halogens is 1. The number of aliphatic hydroxyl groups excluding tert-OH is 1. The van der Waals surface area contributed by atoms with Crippen LogP contribution in [0.25, 0.3) is 0 Å². The molecular formula is C9H14BrN3OS. The first-order chi connectivity index (χ1) is 7.24. The number of aromatic nitrogens is 2. The van der Waals surface area contributed by atoms with E-state index in [9.17, 15) is 5.11 Å². The lowest BCUT2D eigenvalue weighted by atomic mass is 9.87. The van der Waals surface area contributed by atoms with Crippen molar-refractivity contribution >= 4 is 32.4 Å². The second-order valence-corrected chi connectivity index (χ2v) is 6.33. The first kappa shape index (κ1) is 11.3. The van der Waals surface area contributed by atoms with Crippen LogP contribution in [0.15, 0.2) is 3.92 Å². The molecule has 1 fully saturated rings. The van der Waals surface area contributed by atoms with Gasteiger partial charge in [-0.1, -0.05) is 24.2 Å². The van der Waals surface area contributed by atoms with Gasteiger partial charge in [0.05, 0.1) is 6.61 Å². The van der Waals surface area contributed by atoms with Crippen molar-refractivity contribution in [2.75, 3.05) is 18.5 Å². The summed E-state index contributed by atoms with van der Waals surface area (Å²) < 4.78 is 0.787. The highest BCUT2D eigenvalue weighted by atomic mass is 79.9. The summed E-state index contributed by atoms with van der Waals surface area (Å²) in [6, 6.07) is 0. The van der Waals surface area contributed by atoms with E-state index in [4.69, 9.17) is 0 Å². The molecule has 0 saturated heterocycles. The van der Waals surface area contributed by atoms with Crippen molar-refractivity contribution in [1.82, 2.24) is 10.2 Å². The Morgan fingerprint density at radius 2 is 2.13 bits per heavy atom. The molecule has 1 aliphatic carbocycles. The largest absolute Gasteiger partial charge is 0.396 e. The van der Waals surface area contributed by atoms with Crippen molar-refractivity contribution in [3.63, 3.8) is 0 Å². The average molecular weight is 292 g/mol. The van der Waals surface area contributed by atoms with E-state index in [0.717, 1.165) is 28.4 Å². The van der Waals surface area contributed by atoms with E-state index >= 15 is 0 Å². The van der Waals surface area contributed by atoms with Gasteiger partial charge in [0.15, 0.2) is 3.92 Å². The Kier molecular flexibility index (Phi) is 3.58. The second kappa shape index (κ2) is 4.76. The first-order valence-electron chi connectivity index (χ1n) is 5.08. The zero-order chi connectivity index (χ0) is 10.7. The highest BCUT2D eigenvalue weighted by Crippen LogP contribution is 2.37. The highest BCUT2D eigenvalue weighted by molar-refractivity contribution is 9.11. The van der Waals surface area contributed by atoms with Crippen LogP contribution in [0, 0.1) is 5.41 Å². The van der Waals surface area contributed by atoms with Gasteiger partial charge in [-0.3, -0.25) is 0 Å². The number of hydrogen-bond donors (Lipinski definition) is 2. The number of rotatable bonds is 4. The fraction of sp³-hybridized carbons (Fsp3) is 0.778. The van der Waals surface area contributed by atoms with Crippen LogP contribution >= 0.6 is 27.3 Å². The van der Waals surface area contributed by atoms with E-state index in [1.165, 1.54) is 24.2 Å². The van der Waals surface area contributed by atoms with Gasteiger partial charge in [-0.05, 0) is 28.8 Å². The Morgan fingerprint density at radius 1 is 1.40 bits per heavy atom. The molecular weight excluding hydrogens is 278 g/mol. The molecule has 0 aliphatic heterocycles. The number of aliphatic hydroxyl groups is 1.